The van der Waals surface area contributed by atoms with E-state index in [-0.39, 0.29) is 11.5 Å². The Morgan fingerprint density at radius 1 is 1.26 bits per heavy atom. The Bertz CT molecular complexity index is 786. The van der Waals surface area contributed by atoms with E-state index in [9.17, 15) is 4.79 Å². The van der Waals surface area contributed by atoms with E-state index in [2.05, 4.69) is 22.1 Å². The molecule has 1 N–H and O–H groups in total. The quantitative estimate of drug-likeness (QED) is 0.770. The average Bonchev–Trinajstić information content (AvgIpc) is 2.81. The highest BCUT2D eigenvalue weighted by Gasteiger charge is 2.11. The van der Waals surface area contributed by atoms with Crippen molar-refractivity contribution in [3.63, 3.8) is 0 Å². The van der Waals surface area contributed by atoms with Crippen LogP contribution in [0.5, 0.6) is 0 Å². The van der Waals surface area contributed by atoms with Crippen molar-refractivity contribution in [2.75, 3.05) is 0 Å². The number of rotatable bonds is 2. The van der Waals surface area contributed by atoms with Gasteiger partial charge in [-0.2, -0.15) is 0 Å². The van der Waals surface area contributed by atoms with Crippen molar-refractivity contribution in [2.45, 2.75) is 19.8 Å². The number of hydrogen-bond donors (Lipinski definition) is 1. The molecule has 0 fully saturated rings. The van der Waals surface area contributed by atoms with Crippen molar-refractivity contribution >= 4 is 21.4 Å². The molecule has 3 rings (SSSR count). The molecular formula is C15H14N2OS. The molecule has 0 spiro atoms. The molecule has 0 amide bonds. The van der Waals surface area contributed by atoms with Crippen LogP contribution in [0.2, 0.25) is 0 Å². The van der Waals surface area contributed by atoms with Crippen LogP contribution in [0.1, 0.15) is 25.5 Å². The lowest BCUT2D eigenvalue weighted by Crippen LogP contribution is -2.11. The summed E-state index contributed by atoms with van der Waals surface area (Å²) in [5, 5.41) is 3.18. The number of benzene rings is 1. The van der Waals surface area contributed by atoms with Gasteiger partial charge in [0.05, 0.1) is 5.69 Å². The van der Waals surface area contributed by atoms with E-state index in [0.29, 0.717) is 5.82 Å². The monoisotopic (exact) mass is 270 g/mol. The summed E-state index contributed by atoms with van der Waals surface area (Å²) in [7, 11) is 0. The number of aromatic nitrogens is 2. The second-order valence-electron chi connectivity index (χ2n) is 4.82. The molecule has 0 radical (unpaired) electrons. The molecule has 19 heavy (non-hydrogen) atoms. The largest absolute Gasteiger partial charge is 0.306 e. The lowest BCUT2D eigenvalue weighted by Gasteiger charge is -2.06. The number of nitrogens with one attached hydrogen (secondary N) is 1. The van der Waals surface area contributed by atoms with Gasteiger partial charge >= 0.3 is 0 Å². The number of thiophene rings is 1. The summed E-state index contributed by atoms with van der Waals surface area (Å²) in [5.41, 5.74) is 1.73. The van der Waals surface area contributed by atoms with Gasteiger partial charge < -0.3 is 4.98 Å². The van der Waals surface area contributed by atoms with Crippen LogP contribution < -0.4 is 5.56 Å². The van der Waals surface area contributed by atoms with Gasteiger partial charge in [-0.15, -0.1) is 11.3 Å². The van der Waals surface area contributed by atoms with Crippen molar-refractivity contribution in [1.29, 1.82) is 0 Å². The van der Waals surface area contributed by atoms with Crippen LogP contribution in [0.15, 0.2) is 40.5 Å². The number of hydrogen-bond acceptors (Lipinski definition) is 3. The molecule has 0 saturated heterocycles. The third kappa shape index (κ3) is 2.19. The maximum Gasteiger partial charge on any atom is 0.251 e. The molecule has 2 heterocycles. The topological polar surface area (TPSA) is 45.8 Å². The van der Waals surface area contributed by atoms with E-state index < -0.39 is 0 Å². The van der Waals surface area contributed by atoms with Gasteiger partial charge in [0.2, 0.25) is 0 Å². The number of fused-ring (bicyclic) bond motifs is 1. The third-order valence-electron chi connectivity index (χ3n) is 3.09. The van der Waals surface area contributed by atoms with Crippen LogP contribution in [-0.4, -0.2) is 9.97 Å². The highest BCUT2D eigenvalue weighted by molar-refractivity contribution is 7.17. The zero-order valence-corrected chi connectivity index (χ0v) is 11.6. The Morgan fingerprint density at radius 2 is 2.05 bits per heavy atom. The fraction of sp³-hybridized carbons (Fsp3) is 0.200. The highest BCUT2D eigenvalue weighted by atomic mass is 32.1. The van der Waals surface area contributed by atoms with Crippen molar-refractivity contribution in [3.8, 4) is 11.4 Å². The van der Waals surface area contributed by atoms with Crippen LogP contribution in [-0.2, 0) is 0 Å². The SMILES string of the molecule is CC(C)c1cc(=O)[nH]c(-c2csc3ccccc23)n1. The molecule has 1 aromatic carbocycles. The average molecular weight is 270 g/mol. The van der Waals surface area contributed by atoms with Gasteiger partial charge in [-0.1, -0.05) is 32.0 Å². The van der Waals surface area contributed by atoms with Gasteiger partial charge in [0.25, 0.3) is 5.56 Å². The van der Waals surface area contributed by atoms with Crippen LogP contribution in [0.25, 0.3) is 21.5 Å². The van der Waals surface area contributed by atoms with E-state index in [1.165, 1.54) is 4.70 Å². The molecule has 2 aromatic heterocycles. The molecule has 4 heteroatoms. The molecule has 3 nitrogen and oxygen atoms in total. The molecule has 0 aliphatic heterocycles. The van der Waals surface area contributed by atoms with Crippen LogP contribution in [0.4, 0.5) is 0 Å². The highest BCUT2D eigenvalue weighted by Crippen LogP contribution is 2.31. The van der Waals surface area contributed by atoms with E-state index in [4.69, 9.17) is 0 Å². The predicted octanol–water partition coefficient (Wildman–Crippen LogP) is 3.78. The van der Waals surface area contributed by atoms with Crippen molar-refractivity contribution in [1.82, 2.24) is 9.97 Å². The second-order valence-corrected chi connectivity index (χ2v) is 5.73. The summed E-state index contributed by atoms with van der Waals surface area (Å²) in [6.07, 6.45) is 0. The smallest absolute Gasteiger partial charge is 0.251 e. The van der Waals surface area contributed by atoms with E-state index >= 15 is 0 Å². The Balaban J connectivity index is 2.24. The number of H-pyrrole nitrogens is 1. The fourth-order valence-corrected chi connectivity index (χ4v) is 3.01. The Kier molecular flexibility index (Phi) is 2.95. The lowest BCUT2D eigenvalue weighted by molar-refractivity contribution is 0.812. The molecule has 96 valence electrons. The molecule has 0 unspecified atom stereocenters. The van der Waals surface area contributed by atoms with Gasteiger partial charge in [0, 0.05) is 27.1 Å². The Morgan fingerprint density at radius 3 is 2.84 bits per heavy atom. The predicted molar refractivity (Wildman–Crippen MR) is 79.8 cm³/mol. The van der Waals surface area contributed by atoms with Crippen LogP contribution in [0.3, 0.4) is 0 Å². The third-order valence-corrected chi connectivity index (χ3v) is 4.05. The number of nitrogens with zero attached hydrogens (tertiary/aromatic N) is 1. The normalized spacial score (nSPS) is 11.3. The summed E-state index contributed by atoms with van der Waals surface area (Å²) in [4.78, 5) is 19.2. The first-order valence-electron chi connectivity index (χ1n) is 6.23. The molecule has 0 aliphatic carbocycles. The van der Waals surface area contributed by atoms with E-state index in [0.717, 1.165) is 16.6 Å². The van der Waals surface area contributed by atoms with Crippen molar-refractivity contribution in [2.24, 2.45) is 0 Å². The van der Waals surface area contributed by atoms with Crippen molar-refractivity contribution < 1.29 is 0 Å². The molecule has 0 saturated carbocycles. The van der Waals surface area contributed by atoms with Crippen LogP contribution >= 0.6 is 11.3 Å². The Labute approximate surface area is 115 Å². The van der Waals surface area contributed by atoms with E-state index in [1.807, 2.05) is 31.4 Å². The summed E-state index contributed by atoms with van der Waals surface area (Å²) >= 11 is 1.67. The first kappa shape index (κ1) is 12.1. The summed E-state index contributed by atoms with van der Waals surface area (Å²) in [6, 6.07) is 9.73. The fourth-order valence-electron chi connectivity index (χ4n) is 2.06. The molecule has 3 aromatic rings. The maximum absolute atomic E-state index is 11.8. The molecular weight excluding hydrogens is 256 g/mol. The minimum atomic E-state index is -0.0935. The van der Waals surface area contributed by atoms with Gasteiger partial charge in [0.15, 0.2) is 0 Å². The van der Waals surface area contributed by atoms with Crippen molar-refractivity contribution in [3.05, 3.63) is 51.8 Å². The molecule has 0 atom stereocenters. The molecule has 0 bridgehead atoms. The standard InChI is InChI=1S/C15H14N2OS/c1-9(2)12-7-14(18)17-15(16-12)11-8-19-13-6-4-3-5-10(11)13/h3-9H,1-2H3,(H,16,17,18). The van der Waals surface area contributed by atoms with Crippen LogP contribution in [0, 0.1) is 0 Å². The first-order chi connectivity index (χ1) is 9.15. The minimum Gasteiger partial charge on any atom is -0.306 e. The van der Waals surface area contributed by atoms with E-state index in [1.54, 1.807) is 17.4 Å². The van der Waals surface area contributed by atoms with Gasteiger partial charge in [-0.25, -0.2) is 4.98 Å². The van der Waals surface area contributed by atoms with Gasteiger partial charge in [-0.3, -0.25) is 4.79 Å². The molecule has 0 aliphatic rings. The first-order valence-corrected chi connectivity index (χ1v) is 7.11. The summed E-state index contributed by atoms with van der Waals surface area (Å²) in [5.74, 6) is 0.902. The maximum atomic E-state index is 11.8. The Hall–Kier alpha value is -1.94. The lowest BCUT2D eigenvalue weighted by atomic mass is 10.1. The second kappa shape index (κ2) is 4.63. The van der Waals surface area contributed by atoms with Gasteiger partial charge in [0.1, 0.15) is 5.82 Å². The zero-order chi connectivity index (χ0) is 13.4. The summed E-state index contributed by atoms with van der Waals surface area (Å²) < 4.78 is 1.20. The minimum absolute atomic E-state index is 0.0935. The number of aromatic amines is 1. The van der Waals surface area contributed by atoms with Gasteiger partial charge in [-0.05, 0) is 12.0 Å². The summed E-state index contributed by atoms with van der Waals surface area (Å²) in [6.45, 7) is 4.08. The zero-order valence-electron chi connectivity index (χ0n) is 10.8.